The first-order valence-corrected chi connectivity index (χ1v) is 10.1. The molecule has 0 amide bonds. The van der Waals surface area contributed by atoms with Crippen LogP contribution in [0.2, 0.25) is 0 Å². The van der Waals surface area contributed by atoms with Crippen LogP contribution in [0.3, 0.4) is 0 Å². The number of carbonyl (C=O) groups is 5. The minimum Gasteiger partial charge on any atom is -0.463 e. The van der Waals surface area contributed by atoms with E-state index in [0.717, 1.165) is 20.8 Å². The molecule has 2 rings (SSSR count). The first-order chi connectivity index (χ1) is 15.0. The Kier molecular flexibility index (Phi) is 9.10. The predicted octanol–water partition coefficient (Wildman–Crippen LogP) is -0.167. The van der Waals surface area contributed by atoms with Gasteiger partial charge in [-0.05, 0) is 6.92 Å². The van der Waals surface area contributed by atoms with Gasteiger partial charge in [0.05, 0.1) is 0 Å². The lowest BCUT2D eigenvalue weighted by molar-refractivity contribution is -0.319. The van der Waals surface area contributed by atoms with Crippen LogP contribution in [0.5, 0.6) is 0 Å². The smallest absolute Gasteiger partial charge is 0.303 e. The lowest BCUT2D eigenvalue weighted by atomic mass is 9.89. The van der Waals surface area contributed by atoms with E-state index in [2.05, 4.69) is 0 Å². The number of hydrogen-bond donors (Lipinski definition) is 0. The number of esters is 4. The zero-order valence-corrected chi connectivity index (χ0v) is 18.6. The van der Waals surface area contributed by atoms with Crippen molar-refractivity contribution in [3.05, 3.63) is 0 Å². The Morgan fingerprint density at radius 3 is 1.91 bits per heavy atom. The fraction of sp³-hybridized carbons (Fsp3) is 0.750. The lowest BCUT2D eigenvalue weighted by Gasteiger charge is -2.46. The highest BCUT2D eigenvalue weighted by atomic mass is 16.7. The normalized spacial score (nSPS) is 31.8. The van der Waals surface area contributed by atoms with E-state index >= 15 is 0 Å². The molecule has 0 aromatic heterocycles. The maximum Gasteiger partial charge on any atom is 0.303 e. The summed E-state index contributed by atoms with van der Waals surface area (Å²) in [5.41, 5.74) is 0. The highest BCUT2D eigenvalue weighted by Crippen LogP contribution is 2.33. The molecule has 32 heavy (non-hydrogen) atoms. The summed E-state index contributed by atoms with van der Waals surface area (Å²) in [6, 6.07) is 0. The Morgan fingerprint density at radius 2 is 1.41 bits per heavy atom. The highest BCUT2D eigenvalue weighted by molar-refractivity contribution is 5.93. The Bertz CT molecular complexity index is 734. The van der Waals surface area contributed by atoms with Gasteiger partial charge in [-0.25, -0.2) is 0 Å². The van der Waals surface area contributed by atoms with Crippen LogP contribution in [0.1, 0.15) is 41.0 Å². The number of hydrogen-bond acceptors (Lipinski definition) is 12. The van der Waals surface area contributed by atoms with Crippen molar-refractivity contribution in [2.75, 3.05) is 13.2 Å². The largest absolute Gasteiger partial charge is 0.463 e. The van der Waals surface area contributed by atoms with Crippen LogP contribution in [-0.4, -0.2) is 85.8 Å². The topological polar surface area (TPSA) is 150 Å². The molecule has 1 saturated heterocycles. The molecular formula is C20H28O12. The van der Waals surface area contributed by atoms with Crippen LogP contribution in [0.25, 0.3) is 0 Å². The van der Waals surface area contributed by atoms with Gasteiger partial charge in [0.25, 0.3) is 0 Å². The van der Waals surface area contributed by atoms with Crippen LogP contribution in [0.4, 0.5) is 0 Å². The van der Waals surface area contributed by atoms with Crippen molar-refractivity contribution < 1.29 is 57.1 Å². The summed E-state index contributed by atoms with van der Waals surface area (Å²) in [6.45, 7) is 6.25. The summed E-state index contributed by atoms with van der Waals surface area (Å²) in [7, 11) is 0. The molecule has 1 aliphatic heterocycles. The first-order valence-electron chi connectivity index (χ1n) is 10.1. The molecule has 2 fully saturated rings. The third-order valence-corrected chi connectivity index (χ3v) is 4.68. The van der Waals surface area contributed by atoms with Crippen LogP contribution in [-0.2, 0) is 57.1 Å². The van der Waals surface area contributed by atoms with Crippen molar-refractivity contribution >= 4 is 29.7 Å². The molecule has 0 bridgehead atoms. The van der Waals surface area contributed by atoms with Gasteiger partial charge in [0.2, 0.25) is 0 Å². The van der Waals surface area contributed by atoms with Gasteiger partial charge < -0.3 is 33.2 Å². The molecular weight excluding hydrogens is 432 g/mol. The van der Waals surface area contributed by atoms with Crippen molar-refractivity contribution in [3.63, 3.8) is 0 Å². The summed E-state index contributed by atoms with van der Waals surface area (Å²) in [4.78, 5) is 58.8. The van der Waals surface area contributed by atoms with Crippen molar-refractivity contribution in [1.29, 1.82) is 0 Å². The van der Waals surface area contributed by atoms with Crippen LogP contribution in [0, 0.1) is 0 Å². The minimum atomic E-state index is -1.38. The fourth-order valence-electron chi connectivity index (χ4n) is 3.41. The summed E-state index contributed by atoms with van der Waals surface area (Å²) >= 11 is 0. The lowest BCUT2D eigenvalue weighted by Crippen LogP contribution is -2.64. The Hall–Kier alpha value is -2.57. The molecule has 2 aliphatic rings. The van der Waals surface area contributed by atoms with Crippen molar-refractivity contribution in [1.82, 2.24) is 0 Å². The van der Waals surface area contributed by atoms with E-state index in [1.165, 1.54) is 6.92 Å². The molecule has 0 radical (unpaired) electrons. The number of Topliss-reactive ketones (excluding diaryl/α,β-unsaturated/α-hetero) is 1. The average molecular weight is 460 g/mol. The van der Waals surface area contributed by atoms with Gasteiger partial charge >= 0.3 is 23.9 Å². The van der Waals surface area contributed by atoms with Crippen LogP contribution in [0.15, 0.2) is 0 Å². The molecule has 0 N–H and O–H groups in total. The van der Waals surface area contributed by atoms with E-state index in [-0.39, 0.29) is 18.8 Å². The summed E-state index contributed by atoms with van der Waals surface area (Å²) in [5.74, 6) is -3.20. The predicted molar refractivity (Wildman–Crippen MR) is 102 cm³/mol. The third kappa shape index (κ3) is 6.71. The van der Waals surface area contributed by atoms with Crippen LogP contribution < -0.4 is 0 Å². The van der Waals surface area contributed by atoms with Gasteiger partial charge in [0.15, 0.2) is 30.4 Å². The minimum absolute atomic E-state index is 0.250. The SMILES string of the molecule is CCOC1CC(O[C@@H]2O[C@H](COC(C)=O)[C@@H](OC(C)=O)[C@H](OC(C)=O)[C@H]2OC(C)=O)C1=O. The Balaban J connectivity index is 2.32. The van der Waals surface area contributed by atoms with E-state index in [1.807, 2.05) is 0 Å². The molecule has 1 aliphatic carbocycles. The van der Waals surface area contributed by atoms with Crippen molar-refractivity contribution in [2.45, 2.75) is 84.0 Å². The van der Waals surface area contributed by atoms with Gasteiger partial charge in [-0.15, -0.1) is 0 Å². The maximum atomic E-state index is 12.3. The standard InChI is InChI=1S/C20H28O12/c1-6-26-13-7-14(16(13)25)31-20-19(30-12(5)24)18(29-11(4)23)17(28-10(3)22)15(32-20)8-27-9(2)21/h13-15,17-20H,6-8H2,1-5H3/t13?,14?,15-,17-,18+,19-,20-/m1/s1. The zero-order valence-electron chi connectivity index (χ0n) is 18.6. The van der Waals surface area contributed by atoms with E-state index in [4.69, 9.17) is 33.2 Å². The number of rotatable bonds is 9. The maximum absolute atomic E-state index is 12.3. The molecule has 12 heteroatoms. The van der Waals surface area contributed by atoms with Crippen molar-refractivity contribution in [2.24, 2.45) is 0 Å². The Labute approximate surface area is 184 Å². The molecule has 7 atom stereocenters. The quantitative estimate of drug-likeness (QED) is 0.332. The van der Waals surface area contributed by atoms with Crippen molar-refractivity contribution in [3.8, 4) is 0 Å². The summed E-state index contributed by atoms with van der Waals surface area (Å²) < 4.78 is 37.6. The number of carbonyl (C=O) groups excluding carboxylic acids is 5. The van der Waals surface area contributed by atoms with Gasteiger partial charge in [-0.1, -0.05) is 0 Å². The average Bonchev–Trinajstić information content (AvgIpc) is 2.68. The second-order valence-electron chi connectivity index (χ2n) is 7.27. The number of ether oxygens (including phenoxy) is 7. The molecule has 0 spiro atoms. The fourth-order valence-corrected chi connectivity index (χ4v) is 3.41. The molecule has 2 unspecified atom stereocenters. The molecule has 0 aromatic rings. The highest BCUT2D eigenvalue weighted by Gasteiger charge is 2.55. The molecule has 1 saturated carbocycles. The monoisotopic (exact) mass is 460 g/mol. The molecule has 0 aromatic carbocycles. The Morgan fingerprint density at radius 1 is 0.844 bits per heavy atom. The zero-order chi connectivity index (χ0) is 24.0. The van der Waals surface area contributed by atoms with E-state index in [1.54, 1.807) is 6.92 Å². The van der Waals surface area contributed by atoms with E-state index < -0.39 is 66.8 Å². The number of ketones is 1. The van der Waals surface area contributed by atoms with Gasteiger partial charge in [-0.2, -0.15) is 0 Å². The van der Waals surface area contributed by atoms with E-state index in [9.17, 15) is 24.0 Å². The van der Waals surface area contributed by atoms with Gasteiger partial charge in [0, 0.05) is 40.7 Å². The van der Waals surface area contributed by atoms with Gasteiger partial charge in [0.1, 0.15) is 24.9 Å². The molecule has 180 valence electrons. The second-order valence-corrected chi connectivity index (χ2v) is 7.27. The second kappa shape index (κ2) is 11.3. The van der Waals surface area contributed by atoms with Gasteiger partial charge in [-0.3, -0.25) is 24.0 Å². The summed E-state index contributed by atoms with van der Waals surface area (Å²) in [5, 5.41) is 0. The van der Waals surface area contributed by atoms with E-state index in [0.29, 0.717) is 6.61 Å². The molecule has 1 heterocycles. The summed E-state index contributed by atoms with van der Waals surface area (Å²) in [6.07, 6.45) is -7.80. The first kappa shape index (κ1) is 25.7. The molecule has 12 nitrogen and oxygen atoms in total. The van der Waals surface area contributed by atoms with Crippen LogP contribution >= 0.6 is 0 Å². The third-order valence-electron chi connectivity index (χ3n) is 4.68.